The van der Waals surface area contributed by atoms with Gasteiger partial charge in [-0.25, -0.2) is 17.9 Å². The van der Waals surface area contributed by atoms with Crippen LogP contribution in [-0.4, -0.2) is 45.1 Å². The van der Waals surface area contributed by atoms with Crippen LogP contribution in [0.5, 0.6) is 0 Å². The number of amides is 1. The summed E-state index contributed by atoms with van der Waals surface area (Å²) in [6, 6.07) is 2.39. The molecular weight excluding hydrogens is 399 g/mol. The van der Waals surface area contributed by atoms with Gasteiger partial charge in [-0.15, -0.1) is 0 Å². The van der Waals surface area contributed by atoms with Gasteiger partial charge in [0.25, 0.3) is 0 Å². The summed E-state index contributed by atoms with van der Waals surface area (Å²) in [5, 5.41) is 0.0716. The van der Waals surface area contributed by atoms with Crippen molar-refractivity contribution in [2.24, 2.45) is 0 Å². The molecule has 1 aromatic carbocycles. The molecule has 2 rings (SSSR count). The van der Waals surface area contributed by atoms with Crippen molar-refractivity contribution in [3.05, 3.63) is 27.2 Å². The van der Waals surface area contributed by atoms with E-state index in [-0.39, 0.29) is 32.1 Å². The molecule has 1 saturated heterocycles. The van der Waals surface area contributed by atoms with Gasteiger partial charge in [0.2, 0.25) is 10.0 Å². The molecule has 1 heterocycles. The summed E-state index contributed by atoms with van der Waals surface area (Å²) in [5.41, 5.74) is 0. The zero-order valence-corrected chi connectivity index (χ0v) is 16.0. The van der Waals surface area contributed by atoms with E-state index >= 15 is 0 Å². The van der Waals surface area contributed by atoms with Crippen molar-refractivity contribution in [2.75, 3.05) is 19.7 Å². The standard InChI is InChI=1S/C14H17Cl3N2O4S/c1-2-23-14(20)19-7-5-9(6-8-19)18-24(21,22)11-4-3-10(15)12(16)13(11)17/h3-4,9,18H,2,5-8H2,1H3. The molecule has 134 valence electrons. The summed E-state index contributed by atoms with van der Waals surface area (Å²) >= 11 is 17.7. The Labute approximate surface area is 156 Å². The number of carbonyl (C=O) groups excluding carboxylic acids is 1. The van der Waals surface area contributed by atoms with Gasteiger partial charge >= 0.3 is 6.09 Å². The van der Waals surface area contributed by atoms with Crippen LogP contribution in [-0.2, 0) is 14.8 Å². The van der Waals surface area contributed by atoms with Crippen LogP contribution in [0.3, 0.4) is 0 Å². The largest absolute Gasteiger partial charge is 0.450 e. The first-order valence-electron chi connectivity index (χ1n) is 7.33. The average molecular weight is 416 g/mol. The predicted octanol–water partition coefficient (Wildman–Crippen LogP) is 3.55. The zero-order chi connectivity index (χ0) is 17.9. The topological polar surface area (TPSA) is 75.7 Å². The van der Waals surface area contributed by atoms with Crippen LogP contribution in [0.25, 0.3) is 0 Å². The van der Waals surface area contributed by atoms with E-state index in [2.05, 4.69) is 4.72 Å². The summed E-state index contributed by atoms with van der Waals surface area (Å²) in [7, 11) is -3.84. The molecule has 0 spiro atoms. The Balaban J connectivity index is 2.04. The molecule has 1 aliphatic heterocycles. The fraction of sp³-hybridized carbons (Fsp3) is 0.500. The van der Waals surface area contributed by atoms with Crippen molar-refractivity contribution in [3.63, 3.8) is 0 Å². The first-order chi connectivity index (χ1) is 11.3. The maximum absolute atomic E-state index is 12.5. The predicted molar refractivity (Wildman–Crippen MR) is 93.4 cm³/mol. The van der Waals surface area contributed by atoms with Gasteiger partial charge in [0.15, 0.2) is 0 Å². The van der Waals surface area contributed by atoms with Gasteiger partial charge in [-0.3, -0.25) is 0 Å². The number of piperidine rings is 1. The molecular formula is C14H17Cl3N2O4S. The number of carbonyl (C=O) groups is 1. The Kier molecular flexibility index (Phi) is 6.61. The Bertz CT molecular complexity index is 719. The number of ether oxygens (including phenoxy) is 1. The monoisotopic (exact) mass is 414 g/mol. The first kappa shape index (κ1) is 19.6. The number of likely N-dealkylation sites (tertiary alicyclic amines) is 1. The molecule has 0 aliphatic carbocycles. The van der Waals surface area contributed by atoms with Gasteiger partial charge in [0, 0.05) is 19.1 Å². The molecule has 0 bridgehead atoms. The Morgan fingerprint density at radius 1 is 1.25 bits per heavy atom. The fourth-order valence-corrected chi connectivity index (χ4v) is 4.68. The summed E-state index contributed by atoms with van der Waals surface area (Å²) < 4.78 is 32.5. The number of hydrogen-bond acceptors (Lipinski definition) is 4. The van der Waals surface area contributed by atoms with E-state index in [9.17, 15) is 13.2 Å². The number of hydrogen-bond donors (Lipinski definition) is 1. The van der Waals surface area contributed by atoms with E-state index in [1.54, 1.807) is 11.8 Å². The highest BCUT2D eigenvalue weighted by atomic mass is 35.5. The summed E-state index contributed by atoms with van der Waals surface area (Å²) in [6.45, 7) is 2.88. The van der Waals surface area contributed by atoms with Crippen LogP contribution in [0, 0.1) is 0 Å². The number of halogens is 3. The van der Waals surface area contributed by atoms with E-state index in [0.29, 0.717) is 32.5 Å². The van der Waals surface area contributed by atoms with Crippen LogP contribution in [0.2, 0.25) is 15.1 Å². The number of nitrogens with zero attached hydrogens (tertiary/aromatic N) is 1. The number of benzene rings is 1. The molecule has 6 nitrogen and oxygen atoms in total. The van der Waals surface area contributed by atoms with Crippen molar-refractivity contribution in [2.45, 2.75) is 30.7 Å². The number of sulfonamides is 1. The van der Waals surface area contributed by atoms with E-state index in [1.165, 1.54) is 12.1 Å². The number of nitrogens with one attached hydrogen (secondary N) is 1. The maximum atomic E-state index is 12.5. The van der Waals surface area contributed by atoms with Crippen molar-refractivity contribution in [1.29, 1.82) is 0 Å². The second-order valence-electron chi connectivity index (χ2n) is 5.26. The third-order valence-electron chi connectivity index (χ3n) is 3.63. The fourth-order valence-electron chi connectivity index (χ4n) is 2.39. The summed E-state index contributed by atoms with van der Waals surface area (Å²) in [4.78, 5) is 13.1. The van der Waals surface area contributed by atoms with Crippen LogP contribution >= 0.6 is 34.8 Å². The number of rotatable bonds is 4. The van der Waals surface area contributed by atoms with Crippen molar-refractivity contribution < 1.29 is 17.9 Å². The van der Waals surface area contributed by atoms with Gasteiger partial charge in [-0.1, -0.05) is 34.8 Å². The SMILES string of the molecule is CCOC(=O)N1CCC(NS(=O)(=O)c2ccc(Cl)c(Cl)c2Cl)CC1. The smallest absolute Gasteiger partial charge is 0.409 e. The van der Waals surface area contributed by atoms with E-state index in [1.807, 2.05) is 0 Å². The summed E-state index contributed by atoms with van der Waals surface area (Å²) in [6.07, 6.45) is 0.583. The minimum absolute atomic E-state index is 0.00154. The lowest BCUT2D eigenvalue weighted by molar-refractivity contribution is 0.0966. The molecule has 0 atom stereocenters. The Morgan fingerprint density at radius 3 is 2.46 bits per heavy atom. The highest BCUT2D eigenvalue weighted by Crippen LogP contribution is 2.35. The lowest BCUT2D eigenvalue weighted by Crippen LogP contribution is -2.46. The van der Waals surface area contributed by atoms with E-state index in [4.69, 9.17) is 39.5 Å². The van der Waals surface area contributed by atoms with Crippen LogP contribution in [0.1, 0.15) is 19.8 Å². The van der Waals surface area contributed by atoms with Gasteiger partial charge < -0.3 is 9.64 Å². The molecule has 0 aromatic heterocycles. The molecule has 0 unspecified atom stereocenters. The minimum atomic E-state index is -3.84. The molecule has 0 radical (unpaired) electrons. The van der Waals surface area contributed by atoms with Crippen molar-refractivity contribution >= 4 is 50.9 Å². The molecule has 1 amide bonds. The maximum Gasteiger partial charge on any atom is 0.409 e. The molecule has 1 aliphatic rings. The highest BCUT2D eigenvalue weighted by molar-refractivity contribution is 7.89. The second-order valence-corrected chi connectivity index (χ2v) is 8.10. The molecule has 10 heteroatoms. The molecule has 1 N–H and O–H groups in total. The average Bonchev–Trinajstić information content (AvgIpc) is 2.53. The minimum Gasteiger partial charge on any atom is -0.450 e. The van der Waals surface area contributed by atoms with Gasteiger partial charge in [0.1, 0.15) is 4.90 Å². The van der Waals surface area contributed by atoms with Crippen LogP contribution in [0.4, 0.5) is 4.79 Å². The van der Waals surface area contributed by atoms with Crippen LogP contribution in [0.15, 0.2) is 17.0 Å². The second kappa shape index (κ2) is 8.10. The highest BCUT2D eigenvalue weighted by Gasteiger charge is 2.29. The molecule has 24 heavy (non-hydrogen) atoms. The molecule has 1 aromatic rings. The van der Waals surface area contributed by atoms with Crippen molar-refractivity contribution in [3.8, 4) is 0 Å². The Morgan fingerprint density at radius 2 is 1.88 bits per heavy atom. The Hall–Kier alpha value is -0.730. The lowest BCUT2D eigenvalue weighted by Gasteiger charge is -2.31. The van der Waals surface area contributed by atoms with E-state index in [0.717, 1.165) is 0 Å². The lowest BCUT2D eigenvalue weighted by atomic mass is 10.1. The molecule has 0 saturated carbocycles. The third kappa shape index (κ3) is 4.46. The summed E-state index contributed by atoms with van der Waals surface area (Å²) in [5.74, 6) is 0. The third-order valence-corrected chi connectivity index (χ3v) is 6.60. The van der Waals surface area contributed by atoms with Gasteiger partial charge in [-0.2, -0.15) is 0 Å². The normalized spacial score (nSPS) is 16.2. The zero-order valence-electron chi connectivity index (χ0n) is 12.9. The van der Waals surface area contributed by atoms with Crippen LogP contribution < -0.4 is 4.72 Å². The quantitative estimate of drug-likeness (QED) is 0.763. The van der Waals surface area contributed by atoms with Crippen molar-refractivity contribution in [1.82, 2.24) is 9.62 Å². The van der Waals surface area contributed by atoms with Gasteiger partial charge in [0.05, 0.1) is 21.7 Å². The molecule has 1 fully saturated rings. The van der Waals surface area contributed by atoms with E-state index < -0.39 is 10.0 Å². The van der Waals surface area contributed by atoms with Gasteiger partial charge in [-0.05, 0) is 31.9 Å². The first-order valence-corrected chi connectivity index (χ1v) is 9.95.